The zero-order valence-electron chi connectivity index (χ0n) is 18.6. The number of sulfonamides is 1. The Bertz CT molecular complexity index is 1150. The van der Waals surface area contributed by atoms with Gasteiger partial charge in [-0.05, 0) is 53.8 Å². The third-order valence-corrected chi connectivity index (χ3v) is 8.30. The van der Waals surface area contributed by atoms with Crippen molar-refractivity contribution in [2.45, 2.75) is 24.9 Å². The summed E-state index contributed by atoms with van der Waals surface area (Å²) in [6.45, 7) is 2.75. The summed E-state index contributed by atoms with van der Waals surface area (Å²) >= 11 is 7.50. The molecule has 0 radical (unpaired) electrons. The number of halogens is 1. The van der Waals surface area contributed by atoms with Gasteiger partial charge in [-0.2, -0.15) is 4.31 Å². The van der Waals surface area contributed by atoms with Crippen molar-refractivity contribution in [2.75, 3.05) is 26.8 Å². The maximum atomic E-state index is 13.5. The number of carbonyl (C=O) groups is 1. The van der Waals surface area contributed by atoms with Crippen molar-refractivity contribution in [3.05, 3.63) is 87.1 Å². The number of hydrogen-bond donors (Lipinski definition) is 0. The fourth-order valence-electron chi connectivity index (χ4n) is 3.26. The largest absolute Gasteiger partial charge is 0.383 e. The Hall–Kier alpha value is -2.23. The summed E-state index contributed by atoms with van der Waals surface area (Å²) in [5, 5.41) is 2.43. The molecular formula is C24H27ClN2O4S2. The highest BCUT2D eigenvalue weighted by molar-refractivity contribution is 7.89. The van der Waals surface area contributed by atoms with E-state index in [1.54, 1.807) is 16.2 Å². The lowest BCUT2D eigenvalue weighted by Crippen LogP contribution is -2.43. The Balaban J connectivity index is 1.86. The molecule has 0 saturated carbocycles. The van der Waals surface area contributed by atoms with Crippen molar-refractivity contribution >= 4 is 38.9 Å². The second-order valence-electron chi connectivity index (χ2n) is 7.55. The van der Waals surface area contributed by atoms with Crippen LogP contribution in [-0.4, -0.2) is 50.3 Å². The normalized spacial score (nSPS) is 11.6. The van der Waals surface area contributed by atoms with Crippen LogP contribution in [0.15, 0.2) is 70.9 Å². The third-order valence-electron chi connectivity index (χ3n) is 5.18. The lowest BCUT2D eigenvalue weighted by molar-refractivity contribution is -0.132. The summed E-state index contributed by atoms with van der Waals surface area (Å²) in [5.74, 6) is -0.278. The van der Waals surface area contributed by atoms with E-state index in [0.29, 0.717) is 18.1 Å². The maximum absolute atomic E-state index is 13.5. The topological polar surface area (TPSA) is 66.9 Å². The monoisotopic (exact) mass is 506 g/mol. The molecular weight excluding hydrogens is 480 g/mol. The number of hydrogen-bond acceptors (Lipinski definition) is 5. The van der Waals surface area contributed by atoms with E-state index >= 15 is 0 Å². The number of amides is 1. The summed E-state index contributed by atoms with van der Waals surface area (Å²) in [7, 11) is -2.42. The predicted octanol–water partition coefficient (Wildman–Crippen LogP) is 4.58. The molecule has 0 atom stereocenters. The van der Waals surface area contributed by atoms with E-state index in [9.17, 15) is 13.2 Å². The minimum atomic E-state index is -3.91. The van der Waals surface area contributed by atoms with Crippen LogP contribution >= 0.6 is 22.9 Å². The molecule has 1 heterocycles. The molecule has 33 heavy (non-hydrogen) atoms. The highest BCUT2D eigenvalue weighted by Gasteiger charge is 2.28. The second-order valence-corrected chi connectivity index (χ2v) is 10.9. The first kappa shape index (κ1) is 25.4. The molecule has 0 unspecified atom stereocenters. The summed E-state index contributed by atoms with van der Waals surface area (Å²) in [4.78, 5) is 16.3. The quantitative estimate of drug-likeness (QED) is 0.382. The van der Waals surface area contributed by atoms with Crippen molar-refractivity contribution in [3.8, 4) is 0 Å². The number of thiophene rings is 1. The SMILES string of the molecule is COCCN(CC(=O)N(Cc1ccccc1)Cc1sccc1C)S(=O)(=O)c1ccc(Cl)cc1. The molecule has 1 aromatic heterocycles. The predicted molar refractivity (Wildman–Crippen MR) is 132 cm³/mol. The molecule has 1 amide bonds. The van der Waals surface area contributed by atoms with Crippen LogP contribution in [0.25, 0.3) is 0 Å². The molecule has 0 aliphatic carbocycles. The standard InChI is InChI=1S/C24H27ClN2O4S2/c1-19-12-15-32-23(19)17-26(16-20-6-4-3-5-7-20)24(28)18-27(13-14-31-2)33(29,30)22-10-8-21(25)9-11-22/h3-12,15H,13-14,16-18H2,1-2H3. The van der Waals surface area contributed by atoms with Crippen LogP contribution in [0.3, 0.4) is 0 Å². The molecule has 0 N–H and O–H groups in total. The van der Waals surface area contributed by atoms with Crippen molar-refractivity contribution < 1.29 is 17.9 Å². The van der Waals surface area contributed by atoms with E-state index in [1.165, 1.54) is 35.7 Å². The molecule has 0 bridgehead atoms. The van der Waals surface area contributed by atoms with E-state index in [1.807, 2.05) is 48.7 Å². The molecule has 0 aliphatic rings. The third kappa shape index (κ3) is 6.88. The molecule has 3 rings (SSSR count). The summed E-state index contributed by atoms with van der Waals surface area (Å²) in [5.41, 5.74) is 2.08. The summed E-state index contributed by atoms with van der Waals surface area (Å²) < 4.78 is 32.9. The molecule has 0 fully saturated rings. The number of ether oxygens (including phenoxy) is 1. The van der Waals surface area contributed by atoms with E-state index < -0.39 is 10.0 Å². The van der Waals surface area contributed by atoms with Gasteiger partial charge in [0.2, 0.25) is 15.9 Å². The van der Waals surface area contributed by atoms with Crippen LogP contribution in [0.2, 0.25) is 5.02 Å². The highest BCUT2D eigenvalue weighted by atomic mass is 35.5. The lowest BCUT2D eigenvalue weighted by Gasteiger charge is -2.27. The Morgan fingerprint density at radius 3 is 2.33 bits per heavy atom. The van der Waals surface area contributed by atoms with Gasteiger partial charge >= 0.3 is 0 Å². The van der Waals surface area contributed by atoms with E-state index in [2.05, 4.69) is 0 Å². The van der Waals surface area contributed by atoms with E-state index in [4.69, 9.17) is 16.3 Å². The van der Waals surface area contributed by atoms with Gasteiger partial charge in [-0.1, -0.05) is 41.9 Å². The first-order chi connectivity index (χ1) is 15.8. The van der Waals surface area contributed by atoms with Gasteiger partial charge in [0.1, 0.15) is 0 Å². The second kappa shape index (κ2) is 11.8. The average Bonchev–Trinajstić information content (AvgIpc) is 3.21. The minimum absolute atomic E-state index is 0.0599. The van der Waals surface area contributed by atoms with Crippen molar-refractivity contribution in [1.82, 2.24) is 9.21 Å². The summed E-state index contributed by atoms with van der Waals surface area (Å²) in [6.07, 6.45) is 0. The van der Waals surface area contributed by atoms with Gasteiger partial charge in [0, 0.05) is 30.1 Å². The van der Waals surface area contributed by atoms with Gasteiger partial charge in [0.05, 0.1) is 24.6 Å². The van der Waals surface area contributed by atoms with Gasteiger partial charge in [-0.3, -0.25) is 4.79 Å². The number of carbonyl (C=O) groups excluding carboxylic acids is 1. The number of methoxy groups -OCH3 is 1. The molecule has 0 aliphatic heterocycles. The van der Waals surface area contributed by atoms with E-state index in [0.717, 1.165) is 16.0 Å². The molecule has 2 aromatic carbocycles. The van der Waals surface area contributed by atoms with Gasteiger partial charge in [0.25, 0.3) is 0 Å². The zero-order valence-corrected chi connectivity index (χ0v) is 21.0. The first-order valence-electron chi connectivity index (χ1n) is 10.4. The summed E-state index contributed by atoms with van der Waals surface area (Å²) in [6, 6.07) is 17.6. The Labute approximate surface area is 204 Å². The molecule has 3 aromatic rings. The van der Waals surface area contributed by atoms with E-state index in [-0.39, 0.29) is 30.5 Å². The smallest absolute Gasteiger partial charge is 0.243 e. The van der Waals surface area contributed by atoms with Crippen LogP contribution in [-0.2, 0) is 32.6 Å². The fourth-order valence-corrected chi connectivity index (χ4v) is 5.68. The van der Waals surface area contributed by atoms with Gasteiger partial charge in [0.15, 0.2) is 0 Å². The Morgan fingerprint density at radius 2 is 1.73 bits per heavy atom. The van der Waals surface area contributed by atoms with Crippen molar-refractivity contribution in [3.63, 3.8) is 0 Å². The van der Waals surface area contributed by atoms with Crippen molar-refractivity contribution in [1.29, 1.82) is 0 Å². The molecule has 9 heteroatoms. The van der Waals surface area contributed by atoms with Gasteiger partial charge in [-0.25, -0.2) is 8.42 Å². The zero-order chi connectivity index (χ0) is 23.8. The number of nitrogens with zero attached hydrogens (tertiary/aromatic N) is 2. The van der Waals surface area contributed by atoms with Gasteiger partial charge in [-0.15, -0.1) is 11.3 Å². The van der Waals surface area contributed by atoms with Crippen LogP contribution in [0.4, 0.5) is 0 Å². The Kier molecular flexibility index (Phi) is 9.05. The maximum Gasteiger partial charge on any atom is 0.243 e. The van der Waals surface area contributed by atoms with Gasteiger partial charge < -0.3 is 9.64 Å². The van der Waals surface area contributed by atoms with Crippen LogP contribution in [0.1, 0.15) is 16.0 Å². The minimum Gasteiger partial charge on any atom is -0.383 e. The molecule has 0 saturated heterocycles. The van der Waals surface area contributed by atoms with Crippen LogP contribution in [0, 0.1) is 6.92 Å². The lowest BCUT2D eigenvalue weighted by atomic mass is 10.2. The average molecular weight is 507 g/mol. The fraction of sp³-hybridized carbons (Fsp3) is 0.292. The molecule has 6 nitrogen and oxygen atoms in total. The highest BCUT2D eigenvalue weighted by Crippen LogP contribution is 2.22. The molecule has 0 spiro atoms. The number of aryl methyl sites for hydroxylation is 1. The van der Waals surface area contributed by atoms with Crippen molar-refractivity contribution in [2.24, 2.45) is 0 Å². The van der Waals surface area contributed by atoms with Crippen LogP contribution < -0.4 is 0 Å². The number of rotatable bonds is 11. The van der Waals surface area contributed by atoms with Crippen LogP contribution in [0.5, 0.6) is 0 Å². The Morgan fingerprint density at radius 1 is 1.03 bits per heavy atom. The molecule has 176 valence electrons. The first-order valence-corrected chi connectivity index (χ1v) is 13.1. The number of benzene rings is 2.